The number of rotatable bonds is 5. The maximum absolute atomic E-state index is 12.2. The highest BCUT2D eigenvalue weighted by atomic mass is 32.2. The van der Waals surface area contributed by atoms with Crippen LogP contribution in [0.3, 0.4) is 0 Å². The van der Waals surface area contributed by atoms with Crippen molar-refractivity contribution in [1.82, 2.24) is 9.97 Å². The minimum absolute atomic E-state index is 0.124. The third-order valence-electron chi connectivity index (χ3n) is 5.00. The zero-order valence-corrected chi connectivity index (χ0v) is 16.7. The highest BCUT2D eigenvalue weighted by molar-refractivity contribution is 8.00. The Kier molecular flexibility index (Phi) is 5.60. The lowest BCUT2D eigenvalue weighted by Gasteiger charge is -2.27. The SMILES string of the molecule is N#Cc1c(SCC(=O)Nc2nccs2)nc(N2CCCC2)c2c1CCCC2. The van der Waals surface area contributed by atoms with Crippen LogP contribution in [-0.2, 0) is 17.6 Å². The highest BCUT2D eigenvalue weighted by Crippen LogP contribution is 2.37. The van der Waals surface area contributed by atoms with Crippen molar-refractivity contribution in [1.29, 1.82) is 5.26 Å². The van der Waals surface area contributed by atoms with Gasteiger partial charge in [-0.2, -0.15) is 5.26 Å². The number of carbonyl (C=O) groups is 1. The van der Waals surface area contributed by atoms with Crippen molar-refractivity contribution in [2.75, 3.05) is 29.1 Å². The summed E-state index contributed by atoms with van der Waals surface area (Å²) in [5.41, 5.74) is 3.08. The Morgan fingerprint density at radius 1 is 1.26 bits per heavy atom. The van der Waals surface area contributed by atoms with Gasteiger partial charge in [0.15, 0.2) is 5.13 Å². The monoisotopic (exact) mass is 399 g/mol. The lowest BCUT2D eigenvalue weighted by Crippen LogP contribution is -2.24. The second-order valence-corrected chi connectivity index (χ2v) is 8.62. The Morgan fingerprint density at radius 3 is 2.74 bits per heavy atom. The van der Waals surface area contributed by atoms with E-state index in [0.717, 1.165) is 50.2 Å². The molecule has 1 aliphatic heterocycles. The van der Waals surface area contributed by atoms with Gasteiger partial charge in [0.1, 0.15) is 16.9 Å². The van der Waals surface area contributed by atoms with Gasteiger partial charge in [-0.1, -0.05) is 11.8 Å². The lowest BCUT2D eigenvalue weighted by atomic mass is 9.89. The van der Waals surface area contributed by atoms with Crippen molar-refractivity contribution >= 4 is 40.0 Å². The van der Waals surface area contributed by atoms with Crippen LogP contribution in [0.25, 0.3) is 0 Å². The van der Waals surface area contributed by atoms with Gasteiger partial charge in [0.05, 0.1) is 11.3 Å². The molecule has 0 spiro atoms. The third kappa shape index (κ3) is 3.94. The molecule has 2 aromatic heterocycles. The quantitative estimate of drug-likeness (QED) is 0.774. The number of amides is 1. The molecule has 0 saturated carbocycles. The molecule has 0 atom stereocenters. The molecule has 0 bridgehead atoms. The largest absolute Gasteiger partial charge is 0.356 e. The Morgan fingerprint density at radius 2 is 2.04 bits per heavy atom. The van der Waals surface area contributed by atoms with Crippen LogP contribution in [0.4, 0.5) is 10.9 Å². The summed E-state index contributed by atoms with van der Waals surface area (Å²) in [6.45, 7) is 2.06. The number of nitriles is 1. The van der Waals surface area contributed by atoms with Gasteiger partial charge in [-0.05, 0) is 49.7 Å². The van der Waals surface area contributed by atoms with Crippen LogP contribution in [0.15, 0.2) is 16.6 Å². The third-order valence-corrected chi connectivity index (χ3v) is 6.66. The maximum atomic E-state index is 12.2. The molecular formula is C19H21N5OS2. The van der Waals surface area contributed by atoms with Crippen molar-refractivity contribution in [3.05, 3.63) is 28.3 Å². The standard InChI is InChI=1S/C19H21N5OS2/c20-11-15-13-5-1-2-6-14(13)17(24-8-3-4-9-24)23-18(15)27-12-16(25)22-19-21-7-10-26-19/h7,10H,1-6,8-9,12H2,(H,21,22,25). The normalized spacial score (nSPS) is 16.0. The van der Waals surface area contributed by atoms with Crippen molar-refractivity contribution in [2.24, 2.45) is 0 Å². The molecule has 2 aromatic rings. The first-order valence-electron chi connectivity index (χ1n) is 9.29. The number of hydrogen-bond acceptors (Lipinski definition) is 7. The van der Waals surface area contributed by atoms with E-state index >= 15 is 0 Å². The van der Waals surface area contributed by atoms with Crippen LogP contribution >= 0.6 is 23.1 Å². The summed E-state index contributed by atoms with van der Waals surface area (Å²) < 4.78 is 0. The number of anilines is 2. The number of nitrogens with zero attached hydrogens (tertiary/aromatic N) is 4. The minimum atomic E-state index is -0.124. The molecule has 2 aliphatic rings. The first kappa shape index (κ1) is 18.3. The number of thioether (sulfide) groups is 1. The van der Waals surface area contributed by atoms with Gasteiger partial charge < -0.3 is 10.2 Å². The van der Waals surface area contributed by atoms with E-state index in [2.05, 4.69) is 21.3 Å². The first-order chi connectivity index (χ1) is 13.3. The molecule has 1 fully saturated rings. The second kappa shape index (κ2) is 8.28. The Bertz CT molecular complexity index is 869. The summed E-state index contributed by atoms with van der Waals surface area (Å²) in [7, 11) is 0. The zero-order valence-electron chi connectivity index (χ0n) is 15.0. The number of aromatic nitrogens is 2. The van der Waals surface area contributed by atoms with E-state index in [0.29, 0.717) is 15.7 Å². The molecule has 1 N–H and O–H groups in total. The number of fused-ring (bicyclic) bond motifs is 1. The Labute approximate surface area is 167 Å². The van der Waals surface area contributed by atoms with Gasteiger partial charge in [-0.25, -0.2) is 9.97 Å². The summed E-state index contributed by atoms with van der Waals surface area (Å²) in [4.78, 5) is 23.5. The molecule has 3 heterocycles. The molecule has 1 aliphatic carbocycles. The van der Waals surface area contributed by atoms with E-state index in [1.807, 2.05) is 5.38 Å². The van der Waals surface area contributed by atoms with Gasteiger partial charge in [-0.15, -0.1) is 11.3 Å². The lowest BCUT2D eigenvalue weighted by molar-refractivity contribution is -0.113. The number of hydrogen-bond donors (Lipinski definition) is 1. The maximum Gasteiger partial charge on any atom is 0.236 e. The van der Waals surface area contributed by atoms with E-state index in [-0.39, 0.29) is 11.7 Å². The van der Waals surface area contributed by atoms with Gasteiger partial charge >= 0.3 is 0 Å². The van der Waals surface area contributed by atoms with Crippen molar-refractivity contribution in [3.63, 3.8) is 0 Å². The Hall–Kier alpha value is -2.11. The fraction of sp³-hybridized carbons (Fsp3) is 0.474. The smallest absolute Gasteiger partial charge is 0.236 e. The predicted octanol–water partition coefficient (Wildman–Crippen LogP) is 3.62. The van der Waals surface area contributed by atoms with Gasteiger partial charge in [0.2, 0.25) is 5.91 Å². The minimum Gasteiger partial charge on any atom is -0.356 e. The summed E-state index contributed by atoms with van der Waals surface area (Å²) in [5.74, 6) is 1.14. The number of pyridine rings is 1. The highest BCUT2D eigenvalue weighted by Gasteiger charge is 2.26. The van der Waals surface area contributed by atoms with E-state index in [1.165, 1.54) is 41.5 Å². The predicted molar refractivity (Wildman–Crippen MR) is 109 cm³/mol. The molecule has 0 radical (unpaired) electrons. The van der Waals surface area contributed by atoms with Crippen LogP contribution in [0.1, 0.15) is 42.4 Å². The molecule has 0 unspecified atom stereocenters. The molecule has 140 valence electrons. The van der Waals surface area contributed by atoms with Crippen LogP contribution in [-0.4, -0.2) is 34.7 Å². The van der Waals surface area contributed by atoms with Crippen LogP contribution in [0.2, 0.25) is 0 Å². The summed E-state index contributed by atoms with van der Waals surface area (Å²) >= 11 is 2.74. The second-order valence-electron chi connectivity index (χ2n) is 6.76. The fourth-order valence-corrected chi connectivity index (χ4v) is 5.11. The van der Waals surface area contributed by atoms with E-state index in [1.54, 1.807) is 6.20 Å². The summed E-state index contributed by atoms with van der Waals surface area (Å²) in [6, 6.07) is 2.37. The van der Waals surface area contributed by atoms with E-state index in [4.69, 9.17) is 4.98 Å². The van der Waals surface area contributed by atoms with E-state index in [9.17, 15) is 10.1 Å². The molecule has 1 saturated heterocycles. The van der Waals surface area contributed by atoms with Gasteiger partial charge in [-0.3, -0.25) is 4.79 Å². The number of carbonyl (C=O) groups excluding carboxylic acids is 1. The molecule has 1 amide bonds. The average Bonchev–Trinajstić information content (AvgIpc) is 3.39. The Balaban J connectivity index is 1.60. The summed E-state index contributed by atoms with van der Waals surface area (Å²) in [5, 5.41) is 15.7. The topological polar surface area (TPSA) is 81.9 Å². The molecular weight excluding hydrogens is 378 g/mol. The fourth-order valence-electron chi connectivity index (χ4n) is 3.76. The molecule has 8 heteroatoms. The van der Waals surface area contributed by atoms with Crippen LogP contribution in [0, 0.1) is 11.3 Å². The molecule has 27 heavy (non-hydrogen) atoms. The molecule has 0 aromatic carbocycles. The zero-order chi connectivity index (χ0) is 18.6. The molecule has 6 nitrogen and oxygen atoms in total. The van der Waals surface area contributed by atoms with Gasteiger partial charge in [0, 0.05) is 24.7 Å². The van der Waals surface area contributed by atoms with Gasteiger partial charge in [0.25, 0.3) is 0 Å². The van der Waals surface area contributed by atoms with Crippen LogP contribution in [0.5, 0.6) is 0 Å². The summed E-state index contributed by atoms with van der Waals surface area (Å²) in [6.07, 6.45) is 8.24. The van der Waals surface area contributed by atoms with Crippen molar-refractivity contribution < 1.29 is 4.79 Å². The molecule has 4 rings (SSSR count). The number of thiazole rings is 1. The first-order valence-corrected chi connectivity index (χ1v) is 11.2. The van der Waals surface area contributed by atoms with E-state index < -0.39 is 0 Å². The van der Waals surface area contributed by atoms with Crippen LogP contribution < -0.4 is 10.2 Å². The number of nitrogens with one attached hydrogen (secondary N) is 1. The average molecular weight is 400 g/mol. The van der Waals surface area contributed by atoms with Crippen molar-refractivity contribution in [2.45, 2.75) is 43.6 Å². The van der Waals surface area contributed by atoms with Crippen molar-refractivity contribution in [3.8, 4) is 6.07 Å².